The maximum absolute atomic E-state index is 12.2. The molecule has 6 heteroatoms. The summed E-state index contributed by atoms with van der Waals surface area (Å²) in [5.41, 5.74) is 0.912. The van der Waals surface area contributed by atoms with Gasteiger partial charge in [0.15, 0.2) is 5.82 Å². The van der Waals surface area contributed by atoms with Crippen LogP contribution in [0.3, 0.4) is 0 Å². The van der Waals surface area contributed by atoms with E-state index in [1.54, 1.807) is 0 Å². The largest absolute Gasteiger partial charge is 0.350 e. The molecule has 0 saturated carbocycles. The van der Waals surface area contributed by atoms with Gasteiger partial charge in [0, 0.05) is 11.1 Å². The van der Waals surface area contributed by atoms with E-state index in [9.17, 15) is 4.79 Å². The van der Waals surface area contributed by atoms with Crippen molar-refractivity contribution < 1.29 is 4.79 Å². The van der Waals surface area contributed by atoms with Crippen molar-refractivity contribution in [2.75, 3.05) is 5.75 Å². The smallest absolute Gasteiger partial charge is 0.230 e. The summed E-state index contributed by atoms with van der Waals surface area (Å²) in [6.07, 6.45) is 0.912. The van der Waals surface area contributed by atoms with Gasteiger partial charge in [0.1, 0.15) is 0 Å². The van der Waals surface area contributed by atoms with Crippen LogP contribution in [0, 0.1) is 5.41 Å². The second-order valence-electron chi connectivity index (χ2n) is 7.79. The number of H-pyrrole nitrogens is 1. The van der Waals surface area contributed by atoms with Crippen LogP contribution in [0.4, 0.5) is 0 Å². The van der Waals surface area contributed by atoms with Crippen LogP contribution in [0.2, 0.25) is 0 Å². The number of aromatic nitrogens is 3. The zero-order valence-corrected chi connectivity index (χ0v) is 15.8. The van der Waals surface area contributed by atoms with E-state index in [2.05, 4.69) is 55.1 Å². The number of nitrogens with zero attached hydrogens (tertiary/aromatic N) is 2. The lowest BCUT2D eigenvalue weighted by molar-refractivity contribution is -0.120. The van der Waals surface area contributed by atoms with Crippen LogP contribution in [0.1, 0.15) is 41.0 Å². The maximum atomic E-state index is 12.2. The summed E-state index contributed by atoms with van der Waals surface area (Å²) in [6.45, 7) is 10.6. The molecule has 0 unspecified atom stereocenters. The number of hydrogen-bond acceptors (Lipinski definition) is 4. The highest BCUT2D eigenvalue weighted by molar-refractivity contribution is 7.99. The standard InChI is InChI=1S/C18H26N4OS/c1-17(2,3)12-18(4,5)20-14(23)11-24-16-19-15(21-22-16)13-9-7-6-8-10-13/h6-10H,11-12H2,1-5H3,(H,20,23)(H,19,21,22). The van der Waals surface area contributed by atoms with Gasteiger partial charge in [-0.25, -0.2) is 4.98 Å². The van der Waals surface area contributed by atoms with Crippen molar-refractivity contribution in [1.82, 2.24) is 20.5 Å². The van der Waals surface area contributed by atoms with Crippen molar-refractivity contribution in [2.24, 2.45) is 5.41 Å². The van der Waals surface area contributed by atoms with Crippen molar-refractivity contribution in [3.05, 3.63) is 30.3 Å². The molecule has 0 saturated heterocycles. The summed E-state index contributed by atoms with van der Waals surface area (Å²) in [7, 11) is 0. The van der Waals surface area contributed by atoms with Crippen LogP contribution in [0.5, 0.6) is 0 Å². The maximum Gasteiger partial charge on any atom is 0.230 e. The Kier molecular flexibility index (Phi) is 5.70. The molecule has 0 fully saturated rings. The van der Waals surface area contributed by atoms with Gasteiger partial charge in [0.25, 0.3) is 0 Å². The van der Waals surface area contributed by atoms with Gasteiger partial charge in [-0.15, -0.1) is 5.10 Å². The van der Waals surface area contributed by atoms with E-state index in [1.165, 1.54) is 11.8 Å². The number of carbonyl (C=O) groups excluding carboxylic acids is 1. The highest BCUT2D eigenvalue weighted by Gasteiger charge is 2.27. The molecule has 0 aliphatic heterocycles. The molecule has 2 rings (SSSR count). The first-order valence-corrected chi connectivity index (χ1v) is 9.05. The molecular formula is C18H26N4OS. The van der Waals surface area contributed by atoms with Gasteiger partial charge < -0.3 is 5.32 Å². The number of nitrogens with one attached hydrogen (secondary N) is 2. The van der Waals surface area contributed by atoms with Crippen molar-refractivity contribution >= 4 is 17.7 Å². The third kappa shape index (κ3) is 6.00. The van der Waals surface area contributed by atoms with Gasteiger partial charge >= 0.3 is 0 Å². The Balaban J connectivity index is 1.87. The highest BCUT2D eigenvalue weighted by atomic mass is 32.2. The Morgan fingerprint density at radius 2 is 1.83 bits per heavy atom. The number of aromatic amines is 1. The van der Waals surface area contributed by atoms with E-state index in [-0.39, 0.29) is 16.9 Å². The molecule has 1 aromatic heterocycles. The normalized spacial score (nSPS) is 12.2. The first-order chi connectivity index (χ1) is 11.1. The molecule has 24 heavy (non-hydrogen) atoms. The fourth-order valence-electron chi connectivity index (χ4n) is 2.95. The molecule has 1 heterocycles. The molecule has 2 aromatic rings. The fourth-order valence-corrected chi connectivity index (χ4v) is 3.55. The van der Waals surface area contributed by atoms with Crippen molar-refractivity contribution in [3.8, 4) is 11.4 Å². The third-order valence-corrected chi connectivity index (χ3v) is 4.14. The van der Waals surface area contributed by atoms with Crippen LogP contribution < -0.4 is 5.32 Å². The topological polar surface area (TPSA) is 70.7 Å². The molecule has 0 spiro atoms. The lowest BCUT2D eigenvalue weighted by atomic mass is 9.82. The van der Waals surface area contributed by atoms with E-state index in [1.807, 2.05) is 30.3 Å². The Morgan fingerprint density at radius 3 is 2.46 bits per heavy atom. The summed E-state index contributed by atoms with van der Waals surface area (Å²) < 4.78 is 0. The average Bonchev–Trinajstić information content (AvgIpc) is 2.92. The molecule has 5 nitrogen and oxygen atoms in total. The lowest BCUT2D eigenvalue weighted by Crippen LogP contribution is -2.46. The predicted molar refractivity (Wildman–Crippen MR) is 98.8 cm³/mol. The summed E-state index contributed by atoms with van der Waals surface area (Å²) >= 11 is 1.34. The second kappa shape index (κ2) is 7.38. The molecular weight excluding hydrogens is 320 g/mol. The third-order valence-electron chi connectivity index (χ3n) is 3.29. The molecule has 0 atom stereocenters. The van der Waals surface area contributed by atoms with Crippen molar-refractivity contribution in [1.29, 1.82) is 0 Å². The zero-order chi connectivity index (χ0) is 17.8. The lowest BCUT2D eigenvalue weighted by Gasteiger charge is -2.33. The highest BCUT2D eigenvalue weighted by Crippen LogP contribution is 2.27. The quantitative estimate of drug-likeness (QED) is 0.778. The van der Waals surface area contributed by atoms with Crippen LogP contribution in [0.25, 0.3) is 11.4 Å². The fraction of sp³-hybridized carbons (Fsp3) is 0.500. The Morgan fingerprint density at radius 1 is 1.17 bits per heavy atom. The molecule has 0 radical (unpaired) electrons. The number of hydrogen-bond donors (Lipinski definition) is 2. The van der Waals surface area contributed by atoms with E-state index in [0.717, 1.165) is 12.0 Å². The average molecular weight is 347 g/mol. The van der Waals surface area contributed by atoms with Gasteiger partial charge in [-0.3, -0.25) is 9.89 Å². The molecule has 0 aliphatic rings. The minimum atomic E-state index is -0.232. The Bertz CT molecular complexity index is 674. The van der Waals surface area contributed by atoms with Crippen molar-refractivity contribution in [3.63, 3.8) is 0 Å². The van der Waals surface area contributed by atoms with E-state index >= 15 is 0 Å². The Hall–Kier alpha value is -1.82. The number of benzene rings is 1. The first kappa shape index (κ1) is 18.5. The number of carbonyl (C=O) groups is 1. The molecule has 0 bridgehead atoms. The zero-order valence-electron chi connectivity index (χ0n) is 15.0. The molecule has 130 valence electrons. The molecule has 2 N–H and O–H groups in total. The second-order valence-corrected chi connectivity index (χ2v) is 8.73. The monoisotopic (exact) mass is 346 g/mol. The van der Waals surface area contributed by atoms with Crippen LogP contribution >= 0.6 is 11.8 Å². The minimum absolute atomic E-state index is 0.000288. The first-order valence-electron chi connectivity index (χ1n) is 8.06. The van der Waals surface area contributed by atoms with E-state index in [0.29, 0.717) is 16.7 Å². The van der Waals surface area contributed by atoms with Crippen LogP contribution in [-0.2, 0) is 4.79 Å². The van der Waals surface area contributed by atoms with E-state index < -0.39 is 0 Å². The van der Waals surface area contributed by atoms with Gasteiger partial charge in [-0.1, -0.05) is 62.9 Å². The van der Waals surface area contributed by atoms with Crippen LogP contribution in [0.15, 0.2) is 35.5 Å². The summed E-state index contributed by atoms with van der Waals surface area (Å²) in [6, 6.07) is 9.80. The van der Waals surface area contributed by atoms with Gasteiger partial charge in [0.2, 0.25) is 11.1 Å². The minimum Gasteiger partial charge on any atom is -0.350 e. The van der Waals surface area contributed by atoms with E-state index in [4.69, 9.17) is 0 Å². The van der Waals surface area contributed by atoms with Crippen molar-refractivity contribution in [2.45, 2.75) is 51.7 Å². The number of rotatable bonds is 6. The summed E-state index contributed by atoms with van der Waals surface area (Å²) in [4.78, 5) is 16.6. The number of amides is 1. The molecule has 1 amide bonds. The van der Waals surface area contributed by atoms with Gasteiger partial charge in [0.05, 0.1) is 5.75 Å². The SMILES string of the molecule is CC(C)(C)CC(C)(C)NC(=O)CSc1n[nH]c(-c2ccccc2)n1. The Labute approximate surface area is 148 Å². The van der Waals surface area contributed by atoms with Gasteiger partial charge in [-0.2, -0.15) is 0 Å². The number of thioether (sulfide) groups is 1. The summed E-state index contributed by atoms with van der Waals surface area (Å²) in [5, 5.41) is 10.8. The van der Waals surface area contributed by atoms with Crippen LogP contribution in [-0.4, -0.2) is 32.4 Å². The summed E-state index contributed by atoms with van der Waals surface area (Å²) in [5.74, 6) is 1.02. The molecule has 0 aliphatic carbocycles. The molecule has 1 aromatic carbocycles. The van der Waals surface area contributed by atoms with Gasteiger partial charge in [-0.05, 0) is 25.7 Å². The predicted octanol–water partition coefficient (Wildman–Crippen LogP) is 3.89.